The lowest BCUT2D eigenvalue weighted by molar-refractivity contribution is -0.0575. The molecule has 1 rings (SSSR count). The van der Waals surface area contributed by atoms with E-state index in [2.05, 4.69) is 0 Å². The summed E-state index contributed by atoms with van der Waals surface area (Å²) in [6.45, 7) is 2.80. The van der Waals surface area contributed by atoms with Crippen molar-refractivity contribution in [2.24, 2.45) is 11.7 Å². The van der Waals surface area contributed by atoms with Gasteiger partial charge in [-0.3, -0.25) is 0 Å². The van der Waals surface area contributed by atoms with Crippen LogP contribution >= 0.6 is 0 Å². The van der Waals surface area contributed by atoms with E-state index in [1.165, 1.54) is 0 Å². The Hall–Kier alpha value is -0.120. The number of aliphatic hydroxyl groups excluding tert-OH is 1. The second-order valence-electron chi connectivity index (χ2n) is 2.90. The fraction of sp³-hybridized carbons (Fsp3) is 1.00. The van der Waals surface area contributed by atoms with E-state index in [9.17, 15) is 0 Å². The van der Waals surface area contributed by atoms with Gasteiger partial charge in [0.05, 0.1) is 12.7 Å². The fourth-order valence-electron chi connectivity index (χ4n) is 1.26. The minimum Gasteiger partial charge on any atom is -0.394 e. The second-order valence-corrected chi connectivity index (χ2v) is 2.90. The van der Waals surface area contributed by atoms with Crippen LogP contribution in [0.2, 0.25) is 0 Å². The van der Waals surface area contributed by atoms with Crippen LogP contribution in [-0.2, 0) is 4.74 Å². The molecule has 3 nitrogen and oxygen atoms in total. The molecule has 3 atom stereocenters. The third-order valence-corrected chi connectivity index (χ3v) is 2.22. The molecule has 60 valence electrons. The van der Waals surface area contributed by atoms with Gasteiger partial charge in [0.15, 0.2) is 0 Å². The molecule has 10 heavy (non-hydrogen) atoms. The molecule has 0 spiro atoms. The summed E-state index contributed by atoms with van der Waals surface area (Å²) >= 11 is 0. The van der Waals surface area contributed by atoms with Crippen molar-refractivity contribution < 1.29 is 9.84 Å². The molecule has 0 amide bonds. The summed E-state index contributed by atoms with van der Waals surface area (Å²) in [5.41, 5.74) is 5.75. The summed E-state index contributed by atoms with van der Waals surface area (Å²) < 4.78 is 5.28. The topological polar surface area (TPSA) is 55.5 Å². The van der Waals surface area contributed by atoms with Gasteiger partial charge >= 0.3 is 0 Å². The molecule has 3 heteroatoms. The molecule has 0 bridgehead atoms. The van der Waals surface area contributed by atoms with Gasteiger partial charge < -0.3 is 15.6 Å². The van der Waals surface area contributed by atoms with Crippen molar-refractivity contribution >= 4 is 0 Å². The highest BCUT2D eigenvalue weighted by Gasteiger charge is 2.27. The molecule has 1 saturated heterocycles. The summed E-state index contributed by atoms with van der Waals surface area (Å²) in [4.78, 5) is 0. The molecule has 0 radical (unpaired) electrons. The maximum absolute atomic E-state index is 8.80. The van der Waals surface area contributed by atoms with E-state index in [4.69, 9.17) is 15.6 Å². The largest absolute Gasteiger partial charge is 0.394 e. The van der Waals surface area contributed by atoms with Crippen LogP contribution in [0.5, 0.6) is 0 Å². The van der Waals surface area contributed by atoms with Crippen LogP contribution in [0.1, 0.15) is 13.3 Å². The third kappa shape index (κ3) is 1.48. The molecule has 0 saturated carbocycles. The standard InChI is InChI=1S/C7H15NO2/c1-5-6(8)2-3-10-7(5)4-9/h5-7,9H,2-4,8H2,1H3. The lowest BCUT2D eigenvalue weighted by Crippen LogP contribution is -2.44. The maximum Gasteiger partial charge on any atom is 0.0845 e. The van der Waals surface area contributed by atoms with Crippen molar-refractivity contribution in [1.29, 1.82) is 0 Å². The summed E-state index contributed by atoms with van der Waals surface area (Å²) in [5.74, 6) is 0.291. The fourth-order valence-corrected chi connectivity index (χ4v) is 1.26. The zero-order valence-electron chi connectivity index (χ0n) is 6.29. The van der Waals surface area contributed by atoms with Crippen molar-refractivity contribution in [1.82, 2.24) is 0 Å². The Kier molecular flexibility index (Phi) is 2.65. The molecular formula is C7H15NO2. The molecule has 0 aliphatic carbocycles. The van der Waals surface area contributed by atoms with Gasteiger partial charge in [0, 0.05) is 12.6 Å². The van der Waals surface area contributed by atoms with E-state index in [-0.39, 0.29) is 18.8 Å². The highest BCUT2D eigenvalue weighted by Crippen LogP contribution is 2.18. The van der Waals surface area contributed by atoms with E-state index in [0.29, 0.717) is 12.5 Å². The number of hydrogen-bond acceptors (Lipinski definition) is 3. The summed E-state index contributed by atoms with van der Waals surface area (Å²) in [7, 11) is 0. The Bertz CT molecular complexity index is 108. The van der Waals surface area contributed by atoms with Crippen molar-refractivity contribution in [2.75, 3.05) is 13.2 Å². The van der Waals surface area contributed by atoms with Crippen molar-refractivity contribution in [3.05, 3.63) is 0 Å². The molecule has 1 aliphatic heterocycles. The van der Waals surface area contributed by atoms with Crippen LogP contribution in [0, 0.1) is 5.92 Å². The van der Waals surface area contributed by atoms with Crippen molar-refractivity contribution in [3.63, 3.8) is 0 Å². The van der Waals surface area contributed by atoms with Gasteiger partial charge in [-0.2, -0.15) is 0 Å². The Morgan fingerprint density at radius 3 is 2.90 bits per heavy atom. The van der Waals surface area contributed by atoms with E-state index in [1.54, 1.807) is 0 Å². The van der Waals surface area contributed by atoms with Gasteiger partial charge in [-0.15, -0.1) is 0 Å². The van der Waals surface area contributed by atoms with E-state index in [0.717, 1.165) is 6.42 Å². The van der Waals surface area contributed by atoms with Gasteiger partial charge in [-0.25, -0.2) is 0 Å². The van der Waals surface area contributed by atoms with Crippen LogP contribution < -0.4 is 5.73 Å². The van der Waals surface area contributed by atoms with Crippen LogP contribution in [0.25, 0.3) is 0 Å². The maximum atomic E-state index is 8.80. The predicted octanol–water partition coefficient (Wildman–Crippen LogP) is -0.269. The third-order valence-electron chi connectivity index (χ3n) is 2.22. The van der Waals surface area contributed by atoms with Gasteiger partial charge in [0.2, 0.25) is 0 Å². The quantitative estimate of drug-likeness (QED) is 0.534. The van der Waals surface area contributed by atoms with Gasteiger partial charge in [0.25, 0.3) is 0 Å². The number of rotatable bonds is 1. The first-order valence-corrected chi connectivity index (χ1v) is 3.73. The average Bonchev–Trinajstić information content (AvgIpc) is 1.95. The minimum atomic E-state index is -0.0382. The number of hydrogen-bond donors (Lipinski definition) is 2. The Morgan fingerprint density at radius 2 is 2.40 bits per heavy atom. The van der Waals surface area contributed by atoms with Crippen LogP contribution in [-0.4, -0.2) is 30.5 Å². The van der Waals surface area contributed by atoms with Crippen LogP contribution in [0.3, 0.4) is 0 Å². The van der Waals surface area contributed by atoms with Crippen molar-refractivity contribution in [3.8, 4) is 0 Å². The zero-order valence-corrected chi connectivity index (χ0v) is 6.29. The van der Waals surface area contributed by atoms with Crippen LogP contribution in [0.15, 0.2) is 0 Å². The molecule has 0 aromatic heterocycles. The zero-order chi connectivity index (χ0) is 7.56. The molecule has 3 unspecified atom stereocenters. The van der Waals surface area contributed by atoms with Gasteiger partial charge in [-0.05, 0) is 12.3 Å². The number of ether oxygens (including phenoxy) is 1. The molecule has 0 aromatic carbocycles. The average molecular weight is 145 g/mol. The van der Waals surface area contributed by atoms with E-state index in [1.807, 2.05) is 6.92 Å². The molecule has 3 N–H and O–H groups in total. The highest BCUT2D eigenvalue weighted by atomic mass is 16.5. The Morgan fingerprint density at radius 1 is 1.70 bits per heavy atom. The summed E-state index contributed by atoms with van der Waals surface area (Å²) in [6, 6.07) is 0.200. The SMILES string of the molecule is CC1C(N)CCOC1CO. The Balaban J connectivity index is 2.42. The first-order valence-electron chi connectivity index (χ1n) is 3.73. The van der Waals surface area contributed by atoms with Gasteiger partial charge in [-0.1, -0.05) is 6.92 Å². The van der Waals surface area contributed by atoms with Gasteiger partial charge in [0.1, 0.15) is 0 Å². The minimum absolute atomic E-state index is 0.0382. The molecule has 1 heterocycles. The lowest BCUT2D eigenvalue weighted by Gasteiger charge is -2.32. The predicted molar refractivity (Wildman–Crippen MR) is 38.6 cm³/mol. The molecule has 0 aromatic rings. The number of nitrogens with two attached hydrogens (primary N) is 1. The highest BCUT2D eigenvalue weighted by molar-refractivity contribution is 4.80. The molecule has 1 fully saturated rings. The summed E-state index contributed by atoms with van der Waals surface area (Å²) in [6.07, 6.45) is 0.876. The monoisotopic (exact) mass is 145 g/mol. The van der Waals surface area contributed by atoms with Crippen molar-refractivity contribution in [2.45, 2.75) is 25.5 Å². The molecular weight excluding hydrogens is 130 g/mol. The smallest absolute Gasteiger partial charge is 0.0845 e. The first kappa shape index (κ1) is 7.98. The lowest BCUT2D eigenvalue weighted by atomic mass is 9.92. The van der Waals surface area contributed by atoms with E-state index >= 15 is 0 Å². The first-order chi connectivity index (χ1) is 4.75. The van der Waals surface area contributed by atoms with E-state index < -0.39 is 0 Å². The molecule has 1 aliphatic rings. The Labute approximate surface area is 61.2 Å². The van der Waals surface area contributed by atoms with Crippen LogP contribution in [0.4, 0.5) is 0 Å². The normalized spacial score (nSPS) is 41.7. The number of aliphatic hydroxyl groups is 1. The second kappa shape index (κ2) is 3.32. The summed E-state index contributed by atoms with van der Waals surface area (Å²) in [5, 5.41) is 8.80.